The Bertz CT molecular complexity index is 660. The highest BCUT2D eigenvalue weighted by Crippen LogP contribution is 2.23. The molecule has 0 N–H and O–H groups in total. The third-order valence-electron chi connectivity index (χ3n) is 3.74. The van der Waals surface area contributed by atoms with E-state index in [2.05, 4.69) is 82.0 Å². The average molecular weight is 338 g/mol. The number of hydrogen-bond acceptors (Lipinski definition) is 0. The second-order valence-electron chi connectivity index (χ2n) is 5.44. The Balaban J connectivity index is 2.66. The number of benzene rings is 2. The average Bonchev–Trinajstić information content (AvgIpc) is 2.40. The first kappa shape index (κ1) is 16.5. The largest absolute Gasteiger partial charge is 0.105 e. The van der Waals surface area contributed by atoms with Gasteiger partial charge in [-0.15, -0.1) is 37.0 Å². The summed E-state index contributed by atoms with van der Waals surface area (Å²) >= 11 is 0. The third kappa shape index (κ3) is 3.01. The second kappa shape index (κ2) is 6.51. The molecule has 0 heterocycles. The van der Waals surface area contributed by atoms with Crippen LogP contribution in [-0.2, 0) is 0 Å². The predicted molar refractivity (Wildman–Crippen MR) is 108 cm³/mol. The SMILES string of the molecule is Cc1ccc(-c2ccc(C(C)C)c(P)c2P)c(P)c1P. The fourth-order valence-electron chi connectivity index (χ4n) is 2.37. The van der Waals surface area contributed by atoms with Crippen molar-refractivity contribution in [2.45, 2.75) is 26.7 Å². The molecule has 2 rings (SSSR count). The lowest BCUT2D eigenvalue weighted by Gasteiger charge is -2.18. The number of aryl methyl sites for hydroxylation is 1. The summed E-state index contributed by atoms with van der Waals surface area (Å²) in [5.74, 6) is 0.543. The van der Waals surface area contributed by atoms with E-state index in [-0.39, 0.29) is 0 Å². The van der Waals surface area contributed by atoms with E-state index in [0.717, 1.165) is 0 Å². The van der Waals surface area contributed by atoms with E-state index in [1.807, 2.05) is 0 Å². The maximum atomic E-state index is 2.91. The second-order valence-corrected chi connectivity index (χ2v) is 7.75. The molecule has 20 heavy (non-hydrogen) atoms. The quantitative estimate of drug-likeness (QED) is 0.739. The number of rotatable bonds is 2. The molecule has 4 unspecified atom stereocenters. The highest BCUT2D eigenvalue weighted by molar-refractivity contribution is 7.37. The molecule has 0 fully saturated rings. The van der Waals surface area contributed by atoms with Gasteiger partial charge in [0.1, 0.15) is 0 Å². The molecule has 106 valence electrons. The van der Waals surface area contributed by atoms with E-state index < -0.39 is 0 Å². The first-order chi connectivity index (χ1) is 9.34. The zero-order valence-corrected chi connectivity index (χ0v) is 16.8. The fraction of sp³-hybridized carbons (Fsp3) is 0.250. The van der Waals surface area contributed by atoms with Gasteiger partial charge in [-0.05, 0) is 56.3 Å². The molecule has 0 amide bonds. The summed E-state index contributed by atoms with van der Waals surface area (Å²) in [5.41, 5.74) is 5.28. The lowest BCUT2D eigenvalue weighted by Crippen LogP contribution is -2.23. The van der Waals surface area contributed by atoms with Gasteiger partial charge in [0, 0.05) is 0 Å². The van der Waals surface area contributed by atoms with Gasteiger partial charge in [0.15, 0.2) is 0 Å². The molecular formula is C16H22P4. The standard InChI is InChI=1S/C16H22P4/c1-8(2)10-6-7-12(16(20)14(10)18)11-5-4-9(3)13(17)15(11)19/h4-8H,17-20H2,1-3H3. The van der Waals surface area contributed by atoms with Crippen LogP contribution in [0.5, 0.6) is 0 Å². The monoisotopic (exact) mass is 338 g/mol. The minimum Gasteiger partial charge on any atom is -0.105 e. The Morgan fingerprint density at radius 1 is 0.700 bits per heavy atom. The summed E-state index contributed by atoms with van der Waals surface area (Å²) in [4.78, 5) is 0. The van der Waals surface area contributed by atoms with Crippen LogP contribution in [0, 0.1) is 6.92 Å². The smallest absolute Gasteiger partial charge is 0.00994 e. The molecule has 0 saturated carbocycles. The van der Waals surface area contributed by atoms with Gasteiger partial charge in [0.2, 0.25) is 0 Å². The van der Waals surface area contributed by atoms with Crippen molar-refractivity contribution in [2.24, 2.45) is 0 Å². The summed E-state index contributed by atoms with van der Waals surface area (Å²) in [6, 6.07) is 8.90. The van der Waals surface area contributed by atoms with Crippen molar-refractivity contribution < 1.29 is 0 Å². The molecule has 0 aliphatic rings. The van der Waals surface area contributed by atoms with Gasteiger partial charge >= 0.3 is 0 Å². The van der Waals surface area contributed by atoms with Crippen LogP contribution in [0.15, 0.2) is 24.3 Å². The molecule has 0 bridgehead atoms. The maximum absolute atomic E-state index is 2.91. The van der Waals surface area contributed by atoms with Crippen LogP contribution >= 0.6 is 37.0 Å². The van der Waals surface area contributed by atoms with Crippen LogP contribution in [0.2, 0.25) is 0 Å². The molecule has 0 spiro atoms. The van der Waals surface area contributed by atoms with Crippen molar-refractivity contribution in [1.82, 2.24) is 0 Å². The van der Waals surface area contributed by atoms with Crippen molar-refractivity contribution >= 4 is 58.2 Å². The fourth-order valence-corrected chi connectivity index (χ4v) is 4.11. The van der Waals surface area contributed by atoms with Gasteiger partial charge in [-0.2, -0.15) is 0 Å². The first-order valence-corrected chi connectivity index (χ1v) is 8.98. The van der Waals surface area contributed by atoms with Crippen LogP contribution in [0.4, 0.5) is 0 Å². The summed E-state index contributed by atoms with van der Waals surface area (Å²) < 4.78 is 0. The van der Waals surface area contributed by atoms with Crippen molar-refractivity contribution in [3.05, 3.63) is 35.4 Å². The summed E-state index contributed by atoms with van der Waals surface area (Å²) in [7, 11) is 11.5. The highest BCUT2D eigenvalue weighted by Gasteiger charge is 2.13. The molecule has 4 heteroatoms. The van der Waals surface area contributed by atoms with Gasteiger partial charge in [0.25, 0.3) is 0 Å². The summed E-state index contributed by atoms with van der Waals surface area (Å²) in [6.45, 7) is 6.62. The molecule has 0 saturated heterocycles. The van der Waals surface area contributed by atoms with E-state index in [4.69, 9.17) is 0 Å². The van der Waals surface area contributed by atoms with Crippen LogP contribution in [0.3, 0.4) is 0 Å². The van der Waals surface area contributed by atoms with E-state index in [9.17, 15) is 0 Å². The molecule has 0 aliphatic heterocycles. The van der Waals surface area contributed by atoms with Crippen molar-refractivity contribution in [3.8, 4) is 11.1 Å². The van der Waals surface area contributed by atoms with Gasteiger partial charge < -0.3 is 0 Å². The van der Waals surface area contributed by atoms with Crippen molar-refractivity contribution in [1.29, 1.82) is 0 Å². The minimum atomic E-state index is 0.543. The topological polar surface area (TPSA) is 0 Å². The Morgan fingerprint density at radius 3 is 1.75 bits per heavy atom. The van der Waals surface area contributed by atoms with E-state index in [0.29, 0.717) is 5.92 Å². The predicted octanol–water partition coefficient (Wildman–Crippen LogP) is 2.79. The van der Waals surface area contributed by atoms with E-state index in [1.165, 1.54) is 43.5 Å². The zero-order valence-electron chi connectivity index (χ0n) is 12.2. The molecule has 0 radical (unpaired) electrons. The summed E-state index contributed by atoms with van der Waals surface area (Å²) in [6.07, 6.45) is 0. The van der Waals surface area contributed by atoms with Crippen LogP contribution in [0.1, 0.15) is 30.9 Å². The lowest BCUT2D eigenvalue weighted by molar-refractivity contribution is 0.875. The maximum Gasteiger partial charge on any atom is -0.00994 e. The third-order valence-corrected chi connectivity index (χ3v) is 7.06. The van der Waals surface area contributed by atoms with E-state index in [1.54, 1.807) is 0 Å². The Morgan fingerprint density at radius 2 is 1.20 bits per heavy atom. The number of hydrogen-bond donors (Lipinski definition) is 0. The highest BCUT2D eigenvalue weighted by atomic mass is 31.0. The van der Waals surface area contributed by atoms with Gasteiger partial charge in [-0.1, -0.05) is 38.1 Å². The molecule has 2 aromatic rings. The molecule has 0 aliphatic carbocycles. The van der Waals surface area contributed by atoms with Crippen LogP contribution in [0.25, 0.3) is 11.1 Å². The van der Waals surface area contributed by atoms with Gasteiger partial charge in [-0.3, -0.25) is 0 Å². The van der Waals surface area contributed by atoms with Crippen molar-refractivity contribution in [3.63, 3.8) is 0 Å². The molecule has 4 atom stereocenters. The Hall–Kier alpha value is 0.160. The minimum absolute atomic E-state index is 0.543. The van der Waals surface area contributed by atoms with Crippen molar-refractivity contribution in [2.75, 3.05) is 0 Å². The van der Waals surface area contributed by atoms with Gasteiger partial charge in [-0.25, -0.2) is 0 Å². The molecule has 0 aromatic heterocycles. The van der Waals surface area contributed by atoms with E-state index >= 15 is 0 Å². The normalized spacial score (nSPS) is 11.2. The van der Waals surface area contributed by atoms with Crippen LogP contribution in [-0.4, -0.2) is 0 Å². The van der Waals surface area contributed by atoms with Gasteiger partial charge in [0.05, 0.1) is 0 Å². The molecule has 0 nitrogen and oxygen atoms in total. The van der Waals surface area contributed by atoms with Crippen LogP contribution < -0.4 is 21.2 Å². The Labute approximate surface area is 131 Å². The summed E-state index contributed by atoms with van der Waals surface area (Å²) in [5, 5.41) is 5.12. The lowest BCUT2D eigenvalue weighted by atomic mass is 9.97. The molecule has 2 aromatic carbocycles. The first-order valence-electron chi connectivity index (χ1n) is 6.67. The Kier molecular flexibility index (Phi) is 5.38. The zero-order chi connectivity index (χ0) is 15.0. The molecular weight excluding hydrogens is 316 g/mol.